The molecule has 0 aromatic heterocycles. The van der Waals surface area contributed by atoms with Gasteiger partial charge in [0.05, 0.1) is 22.9 Å². The summed E-state index contributed by atoms with van der Waals surface area (Å²) in [6, 6.07) is -0.692. The number of halogens is 1. The van der Waals surface area contributed by atoms with E-state index in [9.17, 15) is 9.59 Å². The fourth-order valence-corrected chi connectivity index (χ4v) is 2.56. The standard InChI is InChI=1S/C12H18IN3O2/c1-5-9-11(17)15(12(18)16(9)13)10(14-6-2)7-8(3)4/h7,9H,5-6H2,1-4H3/t9-/m1/s1. The summed E-state index contributed by atoms with van der Waals surface area (Å²) < 4.78 is 1.45. The molecule has 0 unspecified atom stereocenters. The van der Waals surface area contributed by atoms with Gasteiger partial charge >= 0.3 is 6.03 Å². The van der Waals surface area contributed by atoms with E-state index in [-0.39, 0.29) is 18.0 Å². The number of carbonyl (C=O) groups is 2. The van der Waals surface area contributed by atoms with E-state index in [0.29, 0.717) is 18.8 Å². The Kier molecular flexibility index (Phi) is 5.30. The van der Waals surface area contributed by atoms with Gasteiger partial charge in [-0.3, -0.25) is 12.9 Å². The van der Waals surface area contributed by atoms with Crippen molar-refractivity contribution in [3.8, 4) is 0 Å². The van der Waals surface area contributed by atoms with Crippen LogP contribution in [0, 0.1) is 0 Å². The second kappa shape index (κ2) is 6.31. The molecule has 0 radical (unpaired) electrons. The molecule has 3 amide bonds. The van der Waals surface area contributed by atoms with E-state index in [1.54, 1.807) is 6.08 Å². The summed E-state index contributed by atoms with van der Waals surface area (Å²) in [5, 5.41) is 0. The van der Waals surface area contributed by atoms with E-state index in [4.69, 9.17) is 0 Å². The quantitative estimate of drug-likeness (QED) is 0.255. The van der Waals surface area contributed by atoms with E-state index in [1.807, 2.05) is 50.6 Å². The zero-order chi connectivity index (χ0) is 13.9. The monoisotopic (exact) mass is 363 g/mol. The molecule has 0 aromatic rings. The topological polar surface area (TPSA) is 53.0 Å². The van der Waals surface area contributed by atoms with E-state index in [0.717, 1.165) is 5.57 Å². The van der Waals surface area contributed by atoms with Crippen LogP contribution in [0.4, 0.5) is 4.79 Å². The molecule has 0 aliphatic carbocycles. The molecule has 1 aliphatic rings. The maximum atomic E-state index is 12.2. The summed E-state index contributed by atoms with van der Waals surface area (Å²) in [7, 11) is 0. The average molecular weight is 363 g/mol. The number of amides is 3. The van der Waals surface area contributed by atoms with E-state index >= 15 is 0 Å². The summed E-state index contributed by atoms with van der Waals surface area (Å²) in [6.07, 6.45) is 2.38. The second-order valence-electron chi connectivity index (χ2n) is 4.25. The first-order valence-corrected chi connectivity index (χ1v) is 6.92. The zero-order valence-corrected chi connectivity index (χ0v) is 13.3. The molecule has 1 atom stereocenters. The van der Waals surface area contributed by atoms with Crippen molar-refractivity contribution >= 4 is 40.6 Å². The molecule has 1 heterocycles. The third kappa shape index (κ3) is 2.90. The molecule has 1 fully saturated rings. The minimum Gasteiger partial charge on any atom is -0.271 e. The molecule has 1 aliphatic heterocycles. The summed E-state index contributed by atoms with van der Waals surface area (Å²) in [4.78, 5) is 29.7. The molecular weight excluding hydrogens is 345 g/mol. The van der Waals surface area contributed by atoms with Crippen molar-refractivity contribution in [2.75, 3.05) is 6.54 Å². The van der Waals surface area contributed by atoms with Crippen molar-refractivity contribution in [2.45, 2.75) is 40.2 Å². The Morgan fingerprint density at radius 3 is 2.39 bits per heavy atom. The van der Waals surface area contributed by atoms with Crippen molar-refractivity contribution < 1.29 is 9.59 Å². The molecule has 0 bridgehead atoms. The number of urea groups is 1. The van der Waals surface area contributed by atoms with Crippen molar-refractivity contribution in [2.24, 2.45) is 4.99 Å². The van der Waals surface area contributed by atoms with Crippen LogP contribution in [0.15, 0.2) is 16.6 Å². The Balaban J connectivity index is 3.14. The molecule has 0 aromatic carbocycles. The number of nitrogens with zero attached hydrogens (tertiary/aromatic N) is 3. The Morgan fingerprint density at radius 1 is 1.39 bits per heavy atom. The number of allylic oxidation sites excluding steroid dienone is 1. The highest BCUT2D eigenvalue weighted by Gasteiger charge is 2.45. The fraction of sp³-hybridized carbons (Fsp3) is 0.583. The van der Waals surface area contributed by atoms with Gasteiger partial charge in [-0.1, -0.05) is 12.5 Å². The minimum atomic E-state index is -0.384. The largest absolute Gasteiger partial charge is 0.342 e. The number of hydrogen-bond donors (Lipinski definition) is 0. The maximum absolute atomic E-state index is 12.2. The van der Waals surface area contributed by atoms with Gasteiger partial charge in [0.25, 0.3) is 5.91 Å². The third-order valence-corrected chi connectivity index (χ3v) is 3.59. The lowest BCUT2D eigenvalue weighted by Gasteiger charge is -2.13. The summed E-state index contributed by atoms with van der Waals surface area (Å²) in [5.41, 5.74) is 1.00. The lowest BCUT2D eigenvalue weighted by Crippen LogP contribution is -2.36. The Bertz CT molecular complexity index is 414. The first kappa shape index (κ1) is 15.1. The van der Waals surface area contributed by atoms with Gasteiger partial charge in [-0.15, -0.1) is 0 Å². The van der Waals surface area contributed by atoms with Gasteiger partial charge in [0.2, 0.25) is 0 Å². The van der Waals surface area contributed by atoms with Crippen molar-refractivity contribution in [3.63, 3.8) is 0 Å². The number of amidine groups is 1. The molecule has 18 heavy (non-hydrogen) atoms. The Morgan fingerprint density at radius 2 is 2.00 bits per heavy atom. The highest BCUT2D eigenvalue weighted by Crippen LogP contribution is 2.24. The van der Waals surface area contributed by atoms with Crippen molar-refractivity contribution in [1.29, 1.82) is 0 Å². The summed E-state index contributed by atoms with van der Waals surface area (Å²) in [5.74, 6) is 0.242. The average Bonchev–Trinajstić information content (AvgIpc) is 2.49. The summed E-state index contributed by atoms with van der Waals surface area (Å²) >= 11 is 1.89. The smallest absolute Gasteiger partial charge is 0.271 e. The Labute approximate surface area is 121 Å². The zero-order valence-electron chi connectivity index (χ0n) is 11.1. The summed E-state index contributed by atoms with van der Waals surface area (Å²) in [6.45, 7) is 8.13. The lowest BCUT2D eigenvalue weighted by molar-refractivity contribution is -0.125. The first-order chi connectivity index (χ1) is 8.43. The molecule has 0 spiro atoms. The number of rotatable bonds is 3. The lowest BCUT2D eigenvalue weighted by atomic mass is 10.2. The predicted molar refractivity (Wildman–Crippen MR) is 79.6 cm³/mol. The molecule has 0 N–H and O–H groups in total. The Hall–Kier alpha value is -0.920. The number of imide groups is 1. The molecule has 6 heteroatoms. The van der Waals surface area contributed by atoms with Gasteiger partial charge in [0.15, 0.2) is 0 Å². The molecule has 1 saturated heterocycles. The van der Waals surface area contributed by atoms with Crippen LogP contribution in [0.25, 0.3) is 0 Å². The highest BCUT2D eigenvalue weighted by molar-refractivity contribution is 14.1. The number of aliphatic imine (C=N–C) groups is 1. The van der Waals surface area contributed by atoms with Gasteiger partial charge < -0.3 is 0 Å². The van der Waals surface area contributed by atoms with Gasteiger partial charge in [-0.2, -0.15) is 0 Å². The SMILES string of the molecule is CCN=C(C=C(C)C)N1C(=O)[C@@H](CC)N(I)C1=O. The van der Waals surface area contributed by atoms with Gasteiger partial charge in [0, 0.05) is 6.54 Å². The minimum absolute atomic E-state index is 0.193. The van der Waals surface area contributed by atoms with Crippen LogP contribution in [0.1, 0.15) is 34.1 Å². The van der Waals surface area contributed by atoms with Crippen LogP contribution in [0.2, 0.25) is 0 Å². The molecule has 1 rings (SSSR count). The third-order valence-electron chi connectivity index (χ3n) is 2.51. The predicted octanol–water partition coefficient (Wildman–Crippen LogP) is 2.76. The van der Waals surface area contributed by atoms with Gasteiger partial charge in [-0.25, -0.2) is 9.69 Å². The molecular formula is C12H18IN3O2. The van der Waals surface area contributed by atoms with Crippen LogP contribution < -0.4 is 0 Å². The van der Waals surface area contributed by atoms with E-state index in [1.165, 1.54) is 8.01 Å². The highest BCUT2D eigenvalue weighted by atomic mass is 127. The van der Waals surface area contributed by atoms with Crippen LogP contribution in [-0.2, 0) is 4.79 Å². The van der Waals surface area contributed by atoms with E-state index in [2.05, 4.69) is 4.99 Å². The fourth-order valence-electron chi connectivity index (χ4n) is 1.72. The van der Waals surface area contributed by atoms with Crippen LogP contribution in [-0.4, -0.2) is 38.4 Å². The van der Waals surface area contributed by atoms with Crippen molar-refractivity contribution in [3.05, 3.63) is 11.6 Å². The van der Waals surface area contributed by atoms with Crippen LogP contribution in [0.3, 0.4) is 0 Å². The number of hydrogen-bond acceptors (Lipinski definition) is 3. The molecule has 5 nitrogen and oxygen atoms in total. The van der Waals surface area contributed by atoms with Gasteiger partial charge in [0.1, 0.15) is 11.9 Å². The van der Waals surface area contributed by atoms with Crippen molar-refractivity contribution in [1.82, 2.24) is 8.01 Å². The first-order valence-electron chi connectivity index (χ1n) is 5.96. The maximum Gasteiger partial charge on any atom is 0.342 e. The van der Waals surface area contributed by atoms with Crippen LogP contribution in [0.5, 0.6) is 0 Å². The molecule has 0 saturated carbocycles. The normalized spacial score (nSPS) is 20.7. The molecule has 100 valence electrons. The number of carbonyl (C=O) groups excluding carboxylic acids is 2. The van der Waals surface area contributed by atoms with Crippen LogP contribution >= 0.6 is 22.9 Å². The second-order valence-corrected chi connectivity index (χ2v) is 5.29. The van der Waals surface area contributed by atoms with Gasteiger partial charge in [-0.05, 0) is 33.3 Å². The van der Waals surface area contributed by atoms with E-state index < -0.39 is 0 Å².